The van der Waals surface area contributed by atoms with E-state index in [0.717, 1.165) is 5.56 Å². The molecule has 4 heteroatoms. The summed E-state index contributed by atoms with van der Waals surface area (Å²) < 4.78 is 17.7. The lowest BCUT2D eigenvalue weighted by atomic mass is 10.1. The number of fused-ring (bicyclic) bond motifs is 1. The van der Waals surface area contributed by atoms with E-state index >= 15 is 0 Å². The Kier molecular flexibility index (Phi) is 4.85. The van der Waals surface area contributed by atoms with Crippen molar-refractivity contribution in [2.24, 2.45) is 0 Å². The summed E-state index contributed by atoms with van der Waals surface area (Å²) in [5.74, 6) is 1.86. The lowest BCUT2D eigenvalue weighted by molar-refractivity contribution is 0.227. The number of hydrogen-bond donors (Lipinski definition) is 0. The fourth-order valence-corrected chi connectivity index (χ4v) is 3.06. The molecule has 140 valence electrons. The predicted octanol–water partition coefficient (Wildman–Crippen LogP) is 6.03. The summed E-state index contributed by atoms with van der Waals surface area (Å²) in [5.41, 5.74) is 1.35. The molecule has 4 rings (SSSR count). The third-order valence-corrected chi connectivity index (χ3v) is 4.53. The Bertz CT molecular complexity index is 1150. The Morgan fingerprint density at radius 2 is 1.54 bits per heavy atom. The summed E-state index contributed by atoms with van der Waals surface area (Å²) >= 11 is 0. The second-order valence-electron chi connectivity index (χ2n) is 6.56. The average molecular weight is 372 g/mol. The second kappa shape index (κ2) is 7.61. The molecule has 0 spiro atoms. The molecule has 0 saturated heterocycles. The molecule has 28 heavy (non-hydrogen) atoms. The minimum absolute atomic E-state index is 0.118. The summed E-state index contributed by atoms with van der Waals surface area (Å²) in [6.07, 6.45) is -0.118. The van der Waals surface area contributed by atoms with Crippen molar-refractivity contribution in [3.05, 3.63) is 100 Å². The van der Waals surface area contributed by atoms with E-state index in [1.165, 1.54) is 0 Å². The van der Waals surface area contributed by atoms with Gasteiger partial charge in [-0.2, -0.15) is 0 Å². The van der Waals surface area contributed by atoms with Gasteiger partial charge in [-0.15, -0.1) is 0 Å². The smallest absolute Gasteiger partial charge is 0.235 e. The van der Waals surface area contributed by atoms with Crippen molar-refractivity contribution in [3.63, 3.8) is 0 Å². The highest BCUT2D eigenvalue weighted by atomic mass is 16.5. The van der Waals surface area contributed by atoms with Gasteiger partial charge < -0.3 is 13.9 Å². The molecule has 1 heterocycles. The maximum Gasteiger partial charge on any atom is 0.235 e. The normalized spacial score (nSPS) is 11.9. The number of aryl methyl sites for hydroxylation is 1. The van der Waals surface area contributed by atoms with E-state index < -0.39 is 0 Å². The highest BCUT2D eigenvalue weighted by Gasteiger charge is 2.15. The minimum Gasteiger partial charge on any atom is -0.486 e. The van der Waals surface area contributed by atoms with E-state index in [1.54, 1.807) is 37.3 Å². The molecule has 0 bridgehead atoms. The van der Waals surface area contributed by atoms with E-state index in [2.05, 4.69) is 0 Å². The molecule has 1 unspecified atom stereocenters. The van der Waals surface area contributed by atoms with Crippen LogP contribution in [0.1, 0.15) is 24.4 Å². The third-order valence-electron chi connectivity index (χ3n) is 4.53. The van der Waals surface area contributed by atoms with Crippen molar-refractivity contribution < 1.29 is 13.9 Å². The predicted molar refractivity (Wildman–Crippen MR) is 109 cm³/mol. The quantitative estimate of drug-likeness (QED) is 0.429. The molecular formula is C24H20O4. The number of para-hydroxylation sites is 1. The SMILES string of the molecule is Cc1oc2cc(OC(C)c3ccccc3)ccc2c(=O)c1Oc1ccccc1. The van der Waals surface area contributed by atoms with E-state index in [1.807, 2.05) is 55.5 Å². The molecule has 0 radical (unpaired) electrons. The Labute approximate surface area is 163 Å². The molecule has 0 aliphatic rings. The van der Waals surface area contributed by atoms with Crippen LogP contribution in [0.3, 0.4) is 0 Å². The monoisotopic (exact) mass is 372 g/mol. The summed E-state index contributed by atoms with van der Waals surface area (Å²) in [7, 11) is 0. The molecule has 0 N–H and O–H groups in total. The number of benzene rings is 3. The zero-order chi connectivity index (χ0) is 19.5. The Morgan fingerprint density at radius 3 is 2.25 bits per heavy atom. The van der Waals surface area contributed by atoms with Crippen LogP contribution in [0.5, 0.6) is 17.2 Å². The van der Waals surface area contributed by atoms with Gasteiger partial charge in [0.25, 0.3) is 0 Å². The van der Waals surface area contributed by atoms with Gasteiger partial charge in [0.05, 0.1) is 5.39 Å². The lowest BCUT2D eigenvalue weighted by Crippen LogP contribution is -2.08. The van der Waals surface area contributed by atoms with Gasteiger partial charge in [-0.3, -0.25) is 4.79 Å². The molecule has 1 aromatic heterocycles. The highest BCUT2D eigenvalue weighted by molar-refractivity contribution is 5.79. The molecule has 4 nitrogen and oxygen atoms in total. The molecule has 0 amide bonds. The number of ether oxygens (including phenoxy) is 2. The Hall–Kier alpha value is -3.53. The van der Waals surface area contributed by atoms with Crippen LogP contribution in [0.25, 0.3) is 11.0 Å². The molecule has 0 saturated carbocycles. The van der Waals surface area contributed by atoms with Crippen LogP contribution in [0.15, 0.2) is 88.1 Å². The van der Waals surface area contributed by atoms with Gasteiger partial charge in [-0.05, 0) is 43.7 Å². The maximum atomic E-state index is 12.9. The van der Waals surface area contributed by atoms with Crippen LogP contribution in [-0.2, 0) is 0 Å². The number of rotatable bonds is 5. The first-order chi connectivity index (χ1) is 13.6. The standard InChI is InChI=1S/C24H20O4/c1-16(18-9-5-3-6-10-18)26-20-13-14-21-22(15-20)27-17(2)24(23(21)25)28-19-11-7-4-8-12-19/h3-16H,1-2H3. The van der Waals surface area contributed by atoms with Crippen LogP contribution in [-0.4, -0.2) is 0 Å². The van der Waals surface area contributed by atoms with Crippen molar-refractivity contribution in [1.29, 1.82) is 0 Å². The summed E-state index contributed by atoms with van der Waals surface area (Å²) in [5, 5.41) is 0.455. The van der Waals surface area contributed by atoms with Crippen molar-refractivity contribution in [3.8, 4) is 17.2 Å². The van der Waals surface area contributed by atoms with E-state index in [0.29, 0.717) is 28.2 Å². The van der Waals surface area contributed by atoms with Crippen molar-refractivity contribution in [2.75, 3.05) is 0 Å². The molecular weight excluding hydrogens is 352 g/mol. The van der Waals surface area contributed by atoms with Crippen molar-refractivity contribution in [2.45, 2.75) is 20.0 Å². The van der Waals surface area contributed by atoms with Crippen LogP contribution in [0, 0.1) is 6.92 Å². The summed E-state index contributed by atoms with van der Waals surface area (Å²) in [4.78, 5) is 12.9. The molecule has 0 aliphatic carbocycles. The topological polar surface area (TPSA) is 48.7 Å². The zero-order valence-electron chi connectivity index (χ0n) is 15.7. The average Bonchev–Trinajstić information content (AvgIpc) is 2.72. The van der Waals surface area contributed by atoms with Gasteiger partial charge in [-0.1, -0.05) is 48.5 Å². The Balaban J connectivity index is 1.65. The minimum atomic E-state index is -0.203. The fourth-order valence-electron chi connectivity index (χ4n) is 3.06. The molecule has 0 aliphatic heterocycles. The van der Waals surface area contributed by atoms with E-state index in [-0.39, 0.29) is 17.3 Å². The summed E-state index contributed by atoms with van der Waals surface area (Å²) in [6.45, 7) is 3.71. The van der Waals surface area contributed by atoms with Gasteiger partial charge >= 0.3 is 0 Å². The van der Waals surface area contributed by atoms with Crippen LogP contribution < -0.4 is 14.9 Å². The van der Waals surface area contributed by atoms with Crippen LogP contribution in [0.4, 0.5) is 0 Å². The Morgan fingerprint density at radius 1 is 0.857 bits per heavy atom. The molecule has 1 atom stereocenters. The first-order valence-electron chi connectivity index (χ1n) is 9.14. The highest BCUT2D eigenvalue weighted by Crippen LogP contribution is 2.29. The maximum absolute atomic E-state index is 12.9. The van der Waals surface area contributed by atoms with Gasteiger partial charge in [0.1, 0.15) is 28.9 Å². The summed E-state index contributed by atoms with van der Waals surface area (Å²) in [6, 6.07) is 24.4. The van der Waals surface area contributed by atoms with Gasteiger partial charge in [0.2, 0.25) is 11.2 Å². The van der Waals surface area contributed by atoms with Gasteiger partial charge in [0.15, 0.2) is 0 Å². The van der Waals surface area contributed by atoms with Gasteiger partial charge in [0, 0.05) is 6.07 Å². The van der Waals surface area contributed by atoms with E-state index in [9.17, 15) is 4.79 Å². The molecule has 4 aromatic rings. The van der Waals surface area contributed by atoms with Gasteiger partial charge in [-0.25, -0.2) is 0 Å². The van der Waals surface area contributed by atoms with Crippen molar-refractivity contribution >= 4 is 11.0 Å². The van der Waals surface area contributed by atoms with Crippen LogP contribution in [0.2, 0.25) is 0 Å². The second-order valence-corrected chi connectivity index (χ2v) is 6.56. The van der Waals surface area contributed by atoms with E-state index in [4.69, 9.17) is 13.9 Å². The number of hydrogen-bond acceptors (Lipinski definition) is 4. The van der Waals surface area contributed by atoms with Crippen molar-refractivity contribution in [1.82, 2.24) is 0 Å². The molecule has 0 fully saturated rings. The third kappa shape index (κ3) is 3.62. The first-order valence-corrected chi connectivity index (χ1v) is 9.14. The fraction of sp³-hybridized carbons (Fsp3) is 0.125. The first kappa shape index (κ1) is 17.9. The zero-order valence-corrected chi connectivity index (χ0v) is 15.7. The lowest BCUT2D eigenvalue weighted by Gasteiger charge is -2.15. The largest absolute Gasteiger partial charge is 0.486 e. The van der Waals surface area contributed by atoms with Crippen LogP contribution >= 0.6 is 0 Å². The molecule has 3 aromatic carbocycles.